The van der Waals surface area contributed by atoms with Crippen molar-refractivity contribution in [2.24, 2.45) is 11.7 Å². The Morgan fingerprint density at radius 2 is 2.19 bits per heavy atom. The molecular weight excluding hydrogens is 198 g/mol. The zero-order valence-corrected chi connectivity index (χ0v) is 9.58. The molecule has 1 fully saturated rings. The number of aryl methyl sites for hydroxylation is 1. The van der Waals surface area contributed by atoms with Crippen LogP contribution in [0.25, 0.3) is 0 Å². The molecule has 1 atom stereocenters. The van der Waals surface area contributed by atoms with Crippen LogP contribution in [0.5, 0.6) is 5.75 Å². The van der Waals surface area contributed by atoms with Gasteiger partial charge in [-0.25, -0.2) is 0 Å². The van der Waals surface area contributed by atoms with Gasteiger partial charge in [0.25, 0.3) is 0 Å². The van der Waals surface area contributed by atoms with E-state index >= 15 is 0 Å². The summed E-state index contributed by atoms with van der Waals surface area (Å²) in [5.41, 5.74) is 8.71. The van der Waals surface area contributed by atoms with E-state index in [-0.39, 0.29) is 5.41 Å². The van der Waals surface area contributed by atoms with Crippen molar-refractivity contribution in [3.05, 3.63) is 29.3 Å². The van der Waals surface area contributed by atoms with Gasteiger partial charge >= 0.3 is 0 Å². The Balaban J connectivity index is 2.14. The van der Waals surface area contributed by atoms with E-state index in [0.717, 1.165) is 13.0 Å². The first-order chi connectivity index (χ1) is 7.78. The normalized spacial score (nSPS) is 26.2. The molecule has 1 unspecified atom stereocenters. The van der Waals surface area contributed by atoms with E-state index in [0.29, 0.717) is 11.7 Å². The van der Waals surface area contributed by atoms with Gasteiger partial charge in [0, 0.05) is 11.0 Å². The highest BCUT2D eigenvalue weighted by atomic mass is 16.3. The van der Waals surface area contributed by atoms with E-state index in [1.165, 1.54) is 36.8 Å². The van der Waals surface area contributed by atoms with Gasteiger partial charge in [0.05, 0.1) is 0 Å². The molecule has 2 aliphatic carbocycles. The Kier molecular flexibility index (Phi) is 2.21. The number of phenolic OH excluding ortho intramolecular Hbond substituents is 1. The second kappa shape index (κ2) is 3.49. The standard InChI is InChI=1S/C14H19NO/c15-9-11-6-5-10-3-1-4-12(16)13(10)14(11)7-2-8-14/h1,3-4,11,16H,2,5-9,15H2. The lowest BCUT2D eigenvalue weighted by atomic mass is 9.53. The van der Waals surface area contributed by atoms with E-state index < -0.39 is 0 Å². The first-order valence-electron chi connectivity index (χ1n) is 6.29. The van der Waals surface area contributed by atoms with Gasteiger partial charge in [-0.2, -0.15) is 0 Å². The van der Waals surface area contributed by atoms with Gasteiger partial charge in [-0.1, -0.05) is 18.6 Å². The van der Waals surface area contributed by atoms with Crippen molar-refractivity contribution in [2.45, 2.75) is 37.5 Å². The van der Waals surface area contributed by atoms with Gasteiger partial charge in [-0.3, -0.25) is 0 Å². The maximum atomic E-state index is 10.1. The highest BCUT2D eigenvalue weighted by Gasteiger charge is 2.49. The predicted molar refractivity (Wildman–Crippen MR) is 64.5 cm³/mol. The predicted octanol–water partition coefficient (Wildman–Crippen LogP) is 2.34. The summed E-state index contributed by atoms with van der Waals surface area (Å²) in [4.78, 5) is 0. The van der Waals surface area contributed by atoms with Crippen molar-refractivity contribution < 1.29 is 5.11 Å². The molecular formula is C14H19NO. The maximum absolute atomic E-state index is 10.1. The van der Waals surface area contributed by atoms with Gasteiger partial charge < -0.3 is 10.8 Å². The van der Waals surface area contributed by atoms with Crippen LogP contribution in [0.15, 0.2) is 18.2 Å². The van der Waals surface area contributed by atoms with Gasteiger partial charge in [-0.05, 0) is 49.8 Å². The molecule has 86 valence electrons. The van der Waals surface area contributed by atoms with E-state index in [1.54, 1.807) is 0 Å². The van der Waals surface area contributed by atoms with E-state index in [1.807, 2.05) is 12.1 Å². The lowest BCUT2D eigenvalue weighted by Gasteiger charge is -2.51. The summed E-state index contributed by atoms with van der Waals surface area (Å²) in [5, 5.41) is 10.1. The van der Waals surface area contributed by atoms with Gasteiger partial charge in [-0.15, -0.1) is 0 Å². The van der Waals surface area contributed by atoms with Crippen LogP contribution in [0.2, 0.25) is 0 Å². The number of phenols is 1. The van der Waals surface area contributed by atoms with Crippen LogP contribution >= 0.6 is 0 Å². The second-order valence-corrected chi connectivity index (χ2v) is 5.29. The topological polar surface area (TPSA) is 46.2 Å². The SMILES string of the molecule is NCC1CCc2cccc(O)c2C12CCC2. The number of hydrogen-bond acceptors (Lipinski definition) is 2. The minimum atomic E-state index is 0.216. The molecule has 3 N–H and O–H groups in total. The summed E-state index contributed by atoms with van der Waals surface area (Å²) < 4.78 is 0. The zero-order chi connectivity index (χ0) is 11.2. The first kappa shape index (κ1) is 10.2. The summed E-state index contributed by atoms with van der Waals surface area (Å²) in [7, 11) is 0. The molecule has 0 aromatic heterocycles. The summed E-state index contributed by atoms with van der Waals surface area (Å²) >= 11 is 0. The number of aromatic hydroxyl groups is 1. The summed E-state index contributed by atoms with van der Waals surface area (Å²) in [6, 6.07) is 5.96. The van der Waals surface area contributed by atoms with E-state index in [2.05, 4.69) is 6.07 Å². The summed E-state index contributed by atoms with van der Waals surface area (Å²) in [6.45, 7) is 0.758. The molecule has 1 aromatic rings. The van der Waals surface area contributed by atoms with Crippen LogP contribution in [0.1, 0.15) is 36.8 Å². The van der Waals surface area contributed by atoms with Crippen LogP contribution < -0.4 is 5.73 Å². The summed E-state index contributed by atoms with van der Waals surface area (Å²) in [5.74, 6) is 1.07. The molecule has 3 rings (SSSR count). The average molecular weight is 217 g/mol. The van der Waals surface area contributed by atoms with Crippen molar-refractivity contribution in [1.29, 1.82) is 0 Å². The zero-order valence-electron chi connectivity index (χ0n) is 9.58. The fourth-order valence-corrected chi connectivity index (χ4v) is 3.74. The third-order valence-corrected chi connectivity index (χ3v) is 4.70. The molecule has 2 heteroatoms. The number of hydrogen-bond donors (Lipinski definition) is 2. The Morgan fingerprint density at radius 3 is 2.81 bits per heavy atom. The Morgan fingerprint density at radius 1 is 1.38 bits per heavy atom. The average Bonchev–Trinajstić information content (AvgIpc) is 2.25. The second-order valence-electron chi connectivity index (χ2n) is 5.29. The molecule has 0 radical (unpaired) electrons. The smallest absolute Gasteiger partial charge is 0.119 e. The minimum absolute atomic E-state index is 0.216. The van der Waals surface area contributed by atoms with Crippen molar-refractivity contribution in [3.8, 4) is 5.75 Å². The van der Waals surface area contributed by atoms with Crippen LogP contribution in [0.3, 0.4) is 0 Å². The molecule has 0 amide bonds. The fraction of sp³-hybridized carbons (Fsp3) is 0.571. The quantitative estimate of drug-likeness (QED) is 0.758. The van der Waals surface area contributed by atoms with Crippen LogP contribution in [0, 0.1) is 5.92 Å². The lowest BCUT2D eigenvalue weighted by molar-refractivity contribution is 0.125. The van der Waals surface area contributed by atoms with Gasteiger partial charge in [0.2, 0.25) is 0 Å². The van der Waals surface area contributed by atoms with Crippen molar-refractivity contribution in [1.82, 2.24) is 0 Å². The molecule has 0 heterocycles. The van der Waals surface area contributed by atoms with Crippen molar-refractivity contribution in [3.63, 3.8) is 0 Å². The highest BCUT2D eigenvalue weighted by Crippen LogP contribution is 2.56. The number of fused-ring (bicyclic) bond motifs is 2. The molecule has 1 spiro atoms. The van der Waals surface area contributed by atoms with E-state index in [4.69, 9.17) is 5.73 Å². The van der Waals surface area contributed by atoms with Crippen molar-refractivity contribution in [2.75, 3.05) is 6.54 Å². The van der Waals surface area contributed by atoms with Crippen molar-refractivity contribution >= 4 is 0 Å². The fourth-order valence-electron chi connectivity index (χ4n) is 3.74. The largest absolute Gasteiger partial charge is 0.508 e. The number of benzene rings is 1. The number of nitrogens with two attached hydrogens (primary N) is 1. The lowest BCUT2D eigenvalue weighted by Crippen LogP contribution is -2.48. The first-order valence-corrected chi connectivity index (χ1v) is 6.29. The molecule has 2 aliphatic rings. The third-order valence-electron chi connectivity index (χ3n) is 4.70. The van der Waals surface area contributed by atoms with Gasteiger partial charge in [0.15, 0.2) is 0 Å². The molecule has 0 aliphatic heterocycles. The monoisotopic (exact) mass is 217 g/mol. The Labute approximate surface area is 96.5 Å². The summed E-state index contributed by atoms with van der Waals surface area (Å²) in [6.07, 6.45) is 5.96. The molecule has 2 nitrogen and oxygen atoms in total. The third kappa shape index (κ3) is 1.17. The number of rotatable bonds is 1. The molecule has 0 saturated heterocycles. The van der Waals surface area contributed by atoms with Gasteiger partial charge in [0.1, 0.15) is 5.75 Å². The Bertz CT molecular complexity index is 409. The van der Waals surface area contributed by atoms with Crippen LogP contribution in [0.4, 0.5) is 0 Å². The molecule has 1 aromatic carbocycles. The van der Waals surface area contributed by atoms with E-state index in [9.17, 15) is 5.11 Å². The maximum Gasteiger partial charge on any atom is 0.119 e. The molecule has 1 saturated carbocycles. The minimum Gasteiger partial charge on any atom is -0.508 e. The van der Waals surface area contributed by atoms with Crippen LogP contribution in [-0.4, -0.2) is 11.7 Å². The highest BCUT2D eigenvalue weighted by molar-refractivity contribution is 5.48. The Hall–Kier alpha value is -1.02. The molecule has 16 heavy (non-hydrogen) atoms. The molecule has 0 bridgehead atoms. The van der Waals surface area contributed by atoms with Crippen LogP contribution in [-0.2, 0) is 11.8 Å².